The second kappa shape index (κ2) is 13.1. The van der Waals surface area contributed by atoms with Crippen LogP contribution in [0.2, 0.25) is 0 Å². The molecule has 0 spiro atoms. The van der Waals surface area contributed by atoms with Gasteiger partial charge in [-0.2, -0.15) is 5.26 Å². The first-order chi connectivity index (χ1) is 17.2. The highest BCUT2D eigenvalue weighted by Gasteiger charge is 2.19. The quantitative estimate of drug-likeness (QED) is 0.210. The van der Waals surface area contributed by atoms with Gasteiger partial charge in [-0.25, -0.2) is 0 Å². The number of carbonyl (C=O) groups is 3. The number of anilines is 2. The molecular weight excluding hydrogens is 472 g/mol. The number of non-ortho nitro benzene ring substituents is 1. The van der Waals surface area contributed by atoms with Gasteiger partial charge in [0.1, 0.15) is 30.5 Å². The molecule has 1 N–H and O–H groups in total. The molecule has 2 aromatic rings. The van der Waals surface area contributed by atoms with Crippen LogP contribution in [0.15, 0.2) is 46.6 Å². The van der Waals surface area contributed by atoms with Crippen LogP contribution in [0.5, 0.6) is 0 Å². The van der Waals surface area contributed by atoms with Gasteiger partial charge < -0.3 is 19.7 Å². The minimum Gasteiger partial charge on any atom is -0.465 e. The summed E-state index contributed by atoms with van der Waals surface area (Å²) in [6.07, 6.45) is 0. The predicted octanol–water partition coefficient (Wildman–Crippen LogP) is 3.77. The summed E-state index contributed by atoms with van der Waals surface area (Å²) in [6, 6.07) is 9.93. The molecule has 0 heterocycles. The van der Waals surface area contributed by atoms with E-state index in [9.17, 15) is 29.8 Å². The highest BCUT2D eigenvalue weighted by atomic mass is 16.6. The SMILES string of the molecule is CCOC(=O)CN(CC(=O)OCC)c1ccc(N=Nc2ccc([N+](=O)[O-])cc2C#N)c(NC(C)=O)c1. The first-order valence-corrected chi connectivity index (χ1v) is 10.8. The summed E-state index contributed by atoms with van der Waals surface area (Å²) in [7, 11) is 0. The maximum absolute atomic E-state index is 12.1. The lowest BCUT2D eigenvalue weighted by atomic mass is 10.2. The number of benzene rings is 2. The van der Waals surface area contributed by atoms with Gasteiger partial charge in [0.25, 0.3) is 5.69 Å². The monoisotopic (exact) mass is 496 g/mol. The maximum Gasteiger partial charge on any atom is 0.325 e. The fourth-order valence-corrected chi connectivity index (χ4v) is 2.98. The van der Waals surface area contributed by atoms with Gasteiger partial charge in [0.2, 0.25) is 5.91 Å². The van der Waals surface area contributed by atoms with Gasteiger partial charge >= 0.3 is 11.9 Å². The molecule has 0 atom stereocenters. The third-order valence-electron chi connectivity index (χ3n) is 4.48. The average molecular weight is 496 g/mol. The van der Waals surface area contributed by atoms with Gasteiger partial charge in [-0.05, 0) is 38.1 Å². The van der Waals surface area contributed by atoms with E-state index >= 15 is 0 Å². The Labute approximate surface area is 206 Å². The Kier molecular flexibility index (Phi) is 9.99. The van der Waals surface area contributed by atoms with Crippen LogP contribution in [0.25, 0.3) is 0 Å². The number of nitro benzene ring substituents is 1. The zero-order valence-corrected chi connectivity index (χ0v) is 19.9. The second-order valence-electron chi connectivity index (χ2n) is 7.12. The third-order valence-corrected chi connectivity index (χ3v) is 4.48. The summed E-state index contributed by atoms with van der Waals surface area (Å²) in [5.41, 5.74) is 0.571. The maximum atomic E-state index is 12.1. The van der Waals surface area contributed by atoms with Crippen LogP contribution in [-0.4, -0.2) is 49.1 Å². The van der Waals surface area contributed by atoms with Gasteiger partial charge in [-0.15, -0.1) is 10.2 Å². The number of nitriles is 1. The molecule has 2 rings (SSSR count). The third kappa shape index (κ3) is 7.87. The van der Waals surface area contributed by atoms with E-state index in [1.165, 1.54) is 36.1 Å². The number of nitrogens with one attached hydrogen (secondary N) is 1. The van der Waals surface area contributed by atoms with Crippen molar-refractivity contribution in [1.29, 1.82) is 5.26 Å². The fraction of sp³-hybridized carbons (Fsp3) is 0.304. The molecule has 0 aliphatic heterocycles. The number of esters is 2. The number of hydrogen-bond donors (Lipinski definition) is 1. The molecule has 0 radical (unpaired) electrons. The fourth-order valence-electron chi connectivity index (χ4n) is 2.98. The molecule has 0 aliphatic rings. The summed E-state index contributed by atoms with van der Waals surface area (Å²) in [5, 5.41) is 30.9. The number of nitro groups is 1. The normalized spacial score (nSPS) is 10.4. The van der Waals surface area contributed by atoms with E-state index < -0.39 is 22.8 Å². The van der Waals surface area contributed by atoms with Crippen molar-refractivity contribution in [3.8, 4) is 6.07 Å². The molecule has 0 bridgehead atoms. The smallest absolute Gasteiger partial charge is 0.325 e. The Balaban J connectivity index is 2.45. The van der Waals surface area contributed by atoms with E-state index in [0.717, 1.165) is 6.07 Å². The number of carbonyl (C=O) groups excluding carboxylic acids is 3. The number of hydrogen-bond acceptors (Lipinski definition) is 11. The van der Waals surface area contributed by atoms with Crippen molar-refractivity contribution in [3.63, 3.8) is 0 Å². The minimum atomic E-state index is -0.631. The first kappa shape index (κ1) is 27.4. The Hall–Kier alpha value is -4.86. The number of rotatable bonds is 11. The van der Waals surface area contributed by atoms with E-state index in [4.69, 9.17) is 9.47 Å². The molecule has 13 nitrogen and oxygen atoms in total. The summed E-state index contributed by atoms with van der Waals surface area (Å²) in [6.45, 7) is 4.43. The van der Waals surface area contributed by atoms with Gasteiger partial charge in [-0.1, -0.05) is 0 Å². The molecule has 1 amide bonds. The summed E-state index contributed by atoms with van der Waals surface area (Å²) < 4.78 is 9.96. The molecule has 0 aromatic heterocycles. The predicted molar refractivity (Wildman–Crippen MR) is 128 cm³/mol. The number of ether oxygens (including phenoxy) is 2. The second-order valence-corrected chi connectivity index (χ2v) is 7.12. The largest absolute Gasteiger partial charge is 0.465 e. The molecule has 2 aromatic carbocycles. The van der Waals surface area contributed by atoms with Crippen LogP contribution in [0, 0.1) is 21.4 Å². The highest BCUT2D eigenvalue weighted by molar-refractivity contribution is 5.93. The zero-order chi connectivity index (χ0) is 26.7. The Morgan fingerprint density at radius 2 is 1.61 bits per heavy atom. The van der Waals surface area contributed by atoms with Gasteiger partial charge in [0.15, 0.2) is 0 Å². The van der Waals surface area contributed by atoms with Crippen molar-refractivity contribution in [1.82, 2.24) is 0 Å². The molecule has 13 heteroatoms. The van der Waals surface area contributed by atoms with Crippen molar-refractivity contribution in [2.45, 2.75) is 20.8 Å². The van der Waals surface area contributed by atoms with E-state index in [1.54, 1.807) is 19.9 Å². The van der Waals surface area contributed by atoms with E-state index in [0.29, 0.717) is 5.69 Å². The Morgan fingerprint density at radius 1 is 1.03 bits per heavy atom. The van der Waals surface area contributed by atoms with Crippen LogP contribution < -0.4 is 10.2 Å². The molecule has 0 saturated heterocycles. The molecule has 0 fully saturated rings. The van der Waals surface area contributed by atoms with Gasteiger partial charge in [0.05, 0.1) is 29.4 Å². The number of nitrogens with zero attached hydrogens (tertiary/aromatic N) is 5. The van der Waals surface area contributed by atoms with Crippen LogP contribution in [0.4, 0.5) is 28.4 Å². The lowest BCUT2D eigenvalue weighted by Gasteiger charge is -2.23. The molecule has 0 unspecified atom stereocenters. The van der Waals surface area contributed by atoms with Crippen molar-refractivity contribution in [3.05, 3.63) is 52.1 Å². The Bertz CT molecular complexity index is 1200. The van der Waals surface area contributed by atoms with Crippen LogP contribution in [0.1, 0.15) is 26.3 Å². The standard InChI is InChI=1S/C23H24N6O7/c1-4-35-22(31)13-28(14-23(32)36-5-2)17-6-9-20(21(11-17)25-15(3)30)27-26-19-8-7-18(29(33)34)10-16(19)12-24/h6-11H,4-5,13-14H2,1-3H3,(H,25,30). The molecule has 0 saturated carbocycles. The average Bonchev–Trinajstić information content (AvgIpc) is 2.82. The molecular formula is C23H24N6O7. The lowest BCUT2D eigenvalue weighted by molar-refractivity contribution is -0.384. The highest BCUT2D eigenvalue weighted by Crippen LogP contribution is 2.33. The minimum absolute atomic E-state index is 0.0549. The number of amides is 1. The van der Waals surface area contributed by atoms with Crippen LogP contribution >= 0.6 is 0 Å². The van der Waals surface area contributed by atoms with Crippen LogP contribution in [-0.2, 0) is 23.9 Å². The summed E-state index contributed by atoms with van der Waals surface area (Å²) in [4.78, 5) is 47.7. The molecule has 0 aliphatic carbocycles. The first-order valence-electron chi connectivity index (χ1n) is 10.8. The van der Waals surface area contributed by atoms with E-state index in [1.807, 2.05) is 6.07 Å². The summed E-state index contributed by atoms with van der Waals surface area (Å²) >= 11 is 0. The van der Waals surface area contributed by atoms with Crippen LogP contribution in [0.3, 0.4) is 0 Å². The van der Waals surface area contributed by atoms with E-state index in [-0.39, 0.29) is 54.6 Å². The van der Waals surface area contributed by atoms with Crippen molar-refractivity contribution in [2.24, 2.45) is 10.2 Å². The molecule has 36 heavy (non-hydrogen) atoms. The summed E-state index contributed by atoms with van der Waals surface area (Å²) in [5.74, 6) is -1.54. The topological polar surface area (TPSA) is 177 Å². The van der Waals surface area contributed by atoms with Gasteiger partial charge in [-0.3, -0.25) is 24.5 Å². The number of azo groups is 1. The van der Waals surface area contributed by atoms with E-state index in [2.05, 4.69) is 15.5 Å². The molecule has 188 valence electrons. The van der Waals surface area contributed by atoms with Gasteiger partial charge in [0, 0.05) is 24.7 Å². The lowest BCUT2D eigenvalue weighted by Crippen LogP contribution is -2.36. The zero-order valence-electron chi connectivity index (χ0n) is 19.9. The van der Waals surface area contributed by atoms with Crippen molar-refractivity contribution >= 4 is 46.3 Å². The van der Waals surface area contributed by atoms with Crippen molar-refractivity contribution < 1.29 is 28.8 Å². The Morgan fingerprint density at radius 3 is 2.14 bits per heavy atom. The van der Waals surface area contributed by atoms with Crippen molar-refractivity contribution in [2.75, 3.05) is 36.5 Å².